The van der Waals surface area contributed by atoms with E-state index in [0.29, 0.717) is 11.4 Å². The Morgan fingerprint density at radius 3 is 2.69 bits per heavy atom. The third-order valence-corrected chi connectivity index (χ3v) is 5.64. The average molecular weight is 420 g/mol. The van der Waals surface area contributed by atoms with Crippen molar-refractivity contribution in [3.8, 4) is 0 Å². The standard InChI is InChI=1S/C22H21ClF3N3/c1-28-10-3-5-19(28)18-14-29(20-8-7-16(23)12-17(18)20)11-2-4-15-6-9-21(27-13-15)22(24,25)26/h3,6-10,12-14,19H,2,4-5,11H2,1H3. The van der Waals surface area contributed by atoms with E-state index in [2.05, 4.69) is 40.0 Å². The number of nitrogens with zero attached hydrogens (tertiary/aromatic N) is 3. The van der Waals surface area contributed by atoms with Gasteiger partial charge in [0.25, 0.3) is 0 Å². The van der Waals surface area contributed by atoms with Gasteiger partial charge in [0.15, 0.2) is 0 Å². The zero-order valence-corrected chi connectivity index (χ0v) is 16.7. The van der Waals surface area contributed by atoms with E-state index in [4.69, 9.17) is 11.6 Å². The van der Waals surface area contributed by atoms with E-state index >= 15 is 0 Å². The minimum absolute atomic E-state index is 0.288. The molecule has 0 bridgehead atoms. The second-order valence-corrected chi connectivity index (χ2v) is 7.83. The minimum Gasteiger partial charge on any atom is -0.373 e. The van der Waals surface area contributed by atoms with Gasteiger partial charge in [0.2, 0.25) is 0 Å². The molecule has 3 heterocycles. The number of aromatic nitrogens is 2. The van der Waals surface area contributed by atoms with Gasteiger partial charge in [-0.1, -0.05) is 23.7 Å². The molecule has 29 heavy (non-hydrogen) atoms. The van der Waals surface area contributed by atoms with Gasteiger partial charge in [-0.15, -0.1) is 0 Å². The molecule has 0 aliphatic carbocycles. The summed E-state index contributed by atoms with van der Waals surface area (Å²) in [5.41, 5.74) is 2.31. The van der Waals surface area contributed by atoms with Crippen LogP contribution in [0.15, 0.2) is 55.0 Å². The molecule has 0 saturated carbocycles. The quantitative estimate of drug-likeness (QED) is 0.488. The Hall–Kier alpha value is -2.47. The fourth-order valence-electron chi connectivity index (χ4n) is 3.91. The Morgan fingerprint density at radius 2 is 2.03 bits per heavy atom. The van der Waals surface area contributed by atoms with Crippen molar-refractivity contribution in [3.63, 3.8) is 0 Å². The molecular weight excluding hydrogens is 399 g/mol. The summed E-state index contributed by atoms with van der Waals surface area (Å²) in [5, 5.41) is 1.86. The second-order valence-electron chi connectivity index (χ2n) is 7.39. The highest BCUT2D eigenvalue weighted by Crippen LogP contribution is 2.36. The van der Waals surface area contributed by atoms with Crippen LogP contribution < -0.4 is 0 Å². The van der Waals surface area contributed by atoms with Crippen molar-refractivity contribution in [1.82, 2.24) is 14.5 Å². The van der Waals surface area contributed by atoms with Crippen molar-refractivity contribution in [1.29, 1.82) is 0 Å². The number of hydrogen-bond donors (Lipinski definition) is 0. The van der Waals surface area contributed by atoms with Crippen LogP contribution in [0.25, 0.3) is 10.9 Å². The Bertz CT molecular complexity index is 1040. The van der Waals surface area contributed by atoms with Crippen LogP contribution in [0.2, 0.25) is 5.02 Å². The molecule has 3 aromatic rings. The van der Waals surface area contributed by atoms with Gasteiger partial charge < -0.3 is 9.47 Å². The van der Waals surface area contributed by atoms with Crippen LogP contribution in [0, 0.1) is 0 Å². The molecule has 1 aliphatic rings. The molecule has 1 atom stereocenters. The molecular formula is C22H21ClF3N3. The first-order valence-corrected chi connectivity index (χ1v) is 9.90. The van der Waals surface area contributed by atoms with E-state index in [-0.39, 0.29) is 6.04 Å². The average Bonchev–Trinajstić information content (AvgIpc) is 3.24. The zero-order chi connectivity index (χ0) is 20.6. The number of fused-ring (bicyclic) bond motifs is 1. The molecule has 1 aromatic carbocycles. The molecule has 4 rings (SSSR count). The van der Waals surface area contributed by atoms with Gasteiger partial charge in [-0.3, -0.25) is 4.98 Å². The molecule has 3 nitrogen and oxygen atoms in total. The topological polar surface area (TPSA) is 21.1 Å². The van der Waals surface area contributed by atoms with Crippen LogP contribution in [0.3, 0.4) is 0 Å². The van der Waals surface area contributed by atoms with Gasteiger partial charge >= 0.3 is 6.18 Å². The lowest BCUT2D eigenvalue weighted by molar-refractivity contribution is -0.141. The Balaban J connectivity index is 1.51. The number of pyridine rings is 1. The summed E-state index contributed by atoms with van der Waals surface area (Å²) >= 11 is 6.25. The van der Waals surface area contributed by atoms with Crippen LogP contribution >= 0.6 is 11.6 Å². The normalized spacial score (nSPS) is 16.9. The number of halogens is 4. The van der Waals surface area contributed by atoms with Gasteiger partial charge in [-0.25, -0.2) is 0 Å². The summed E-state index contributed by atoms with van der Waals surface area (Å²) in [6.45, 7) is 0.767. The number of alkyl halides is 3. The van der Waals surface area contributed by atoms with E-state index < -0.39 is 11.9 Å². The van der Waals surface area contributed by atoms with Gasteiger partial charge in [0, 0.05) is 47.5 Å². The molecule has 2 aromatic heterocycles. The minimum atomic E-state index is -4.40. The molecule has 7 heteroatoms. The molecule has 0 fully saturated rings. The van der Waals surface area contributed by atoms with Gasteiger partial charge in [-0.05, 0) is 55.3 Å². The van der Waals surface area contributed by atoms with E-state index in [9.17, 15) is 13.2 Å². The summed E-state index contributed by atoms with van der Waals surface area (Å²) in [4.78, 5) is 5.74. The summed E-state index contributed by atoms with van der Waals surface area (Å²) in [6.07, 6.45) is 5.78. The first kappa shape index (κ1) is 19.8. The van der Waals surface area contributed by atoms with Crippen LogP contribution in [0.4, 0.5) is 13.2 Å². The third-order valence-electron chi connectivity index (χ3n) is 5.40. The van der Waals surface area contributed by atoms with Gasteiger partial charge in [0.1, 0.15) is 5.69 Å². The van der Waals surface area contributed by atoms with E-state index in [1.54, 1.807) is 0 Å². The molecule has 0 N–H and O–H groups in total. The van der Waals surface area contributed by atoms with Crippen molar-refractivity contribution < 1.29 is 13.2 Å². The monoisotopic (exact) mass is 419 g/mol. The highest BCUT2D eigenvalue weighted by atomic mass is 35.5. The molecule has 1 aliphatic heterocycles. The molecule has 0 radical (unpaired) electrons. The van der Waals surface area contributed by atoms with Crippen molar-refractivity contribution in [3.05, 3.63) is 76.8 Å². The summed E-state index contributed by atoms with van der Waals surface area (Å²) in [7, 11) is 2.07. The highest BCUT2D eigenvalue weighted by Gasteiger charge is 2.32. The largest absolute Gasteiger partial charge is 0.433 e. The fraction of sp³-hybridized carbons (Fsp3) is 0.318. The molecule has 0 amide bonds. The first-order chi connectivity index (χ1) is 13.8. The van der Waals surface area contributed by atoms with Crippen molar-refractivity contribution in [2.24, 2.45) is 0 Å². The van der Waals surface area contributed by atoms with Crippen LogP contribution in [-0.4, -0.2) is 21.5 Å². The maximum Gasteiger partial charge on any atom is 0.433 e. The van der Waals surface area contributed by atoms with Gasteiger partial charge in [-0.2, -0.15) is 13.2 Å². The predicted octanol–water partition coefficient (Wildman–Crippen LogP) is 6.23. The van der Waals surface area contributed by atoms with Crippen molar-refractivity contribution in [2.45, 2.75) is 38.0 Å². The maximum absolute atomic E-state index is 12.6. The summed E-state index contributed by atoms with van der Waals surface area (Å²) < 4.78 is 40.1. The number of hydrogen-bond acceptors (Lipinski definition) is 2. The maximum atomic E-state index is 12.6. The Morgan fingerprint density at radius 1 is 1.21 bits per heavy atom. The number of aryl methyl sites for hydroxylation is 2. The van der Waals surface area contributed by atoms with Crippen molar-refractivity contribution >= 4 is 22.5 Å². The Kier molecular flexibility index (Phi) is 5.30. The lowest BCUT2D eigenvalue weighted by Crippen LogP contribution is -2.13. The second kappa shape index (κ2) is 7.75. The molecule has 0 spiro atoms. The zero-order valence-electron chi connectivity index (χ0n) is 16.0. The predicted molar refractivity (Wildman–Crippen MR) is 109 cm³/mol. The Labute approximate surface area is 172 Å². The lowest BCUT2D eigenvalue weighted by atomic mass is 10.0. The van der Waals surface area contributed by atoms with E-state index in [1.807, 2.05) is 18.2 Å². The summed E-state index contributed by atoms with van der Waals surface area (Å²) in [6, 6.07) is 8.77. The van der Waals surface area contributed by atoms with Crippen LogP contribution in [0.5, 0.6) is 0 Å². The third kappa shape index (κ3) is 4.13. The van der Waals surface area contributed by atoms with Crippen LogP contribution in [0.1, 0.15) is 35.7 Å². The highest BCUT2D eigenvalue weighted by molar-refractivity contribution is 6.31. The number of benzene rings is 1. The molecule has 1 unspecified atom stereocenters. The van der Waals surface area contributed by atoms with Gasteiger partial charge in [0.05, 0.1) is 6.04 Å². The van der Waals surface area contributed by atoms with Crippen LogP contribution in [-0.2, 0) is 19.1 Å². The molecule has 0 saturated heterocycles. The SMILES string of the molecule is CN1C=CCC1c1cn(CCCc2ccc(C(F)(F)F)nc2)c2ccc(Cl)cc12. The smallest absolute Gasteiger partial charge is 0.373 e. The number of rotatable bonds is 5. The lowest BCUT2D eigenvalue weighted by Gasteiger charge is -2.20. The van der Waals surface area contributed by atoms with E-state index in [1.165, 1.54) is 17.8 Å². The van der Waals surface area contributed by atoms with Crippen molar-refractivity contribution in [2.75, 3.05) is 7.05 Å². The summed E-state index contributed by atoms with van der Waals surface area (Å²) in [5.74, 6) is 0. The fourth-order valence-corrected chi connectivity index (χ4v) is 4.09. The first-order valence-electron chi connectivity index (χ1n) is 9.52. The molecule has 152 valence electrons. The van der Waals surface area contributed by atoms with E-state index in [0.717, 1.165) is 41.9 Å².